The maximum Gasteiger partial charge on any atom is 0.231 e. The van der Waals surface area contributed by atoms with Crippen molar-refractivity contribution in [2.24, 2.45) is 5.92 Å². The molecule has 0 aliphatic rings. The van der Waals surface area contributed by atoms with Crippen LogP contribution in [0.25, 0.3) is 0 Å². The Balaban J connectivity index is 2.88. The molecule has 4 heteroatoms. The van der Waals surface area contributed by atoms with Gasteiger partial charge in [0.25, 0.3) is 0 Å². The second kappa shape index (κ2) is 5.26. The molecule has 0 saturated heterocycles. The number of nitrogens with zero attached hydrogens (tertiary/aromatic N) is 2. The van der Waals surface area contributed by atoms with Gasteiger partial charge in [0.2, 0.25) is 5.89 Å². The summed E-state index contributed by atoms with van der Waals surface area (Å²) in [4.78, 5) is 4.40. The number of hydrogen-bond donors (Lipinski definition) is 1. The van der Waals surface area contributed by atoms with Crippen LogP contribution < -0.4 is 5.32 Å². The van der Waals surface area contributed by atoms with Crippen LogP contribution in [0.3, 0.4) is 0 Å². The van der Waals surface area contributed by atoms with Crippen molar-refractivity contribution in [3.05, 3.63) is 11.7 Å². The van der Waals surface area contributed by atoms with Crippen molar-refractivity contribution in [1.29, 1.82) is 0 Å². The summed E-state index contributed by atoms with van der Waals surface area (Å²) in [6.07, 6.45) is 0.822. The average molecular weight is 211 g/mol. The monoisotopic (exact) mass is 211 g/mol. The maximum atomic E-state index is 5.30. The summed E-state index contributed by atoms with van der Waals surface area (Å²) in [7, 11) is 1.96. The molecule has 0 aromatic carbocycles. The third-order valence-electron chi connectivity index (χ3n) is 2.80. The molecule has 0 fully saturated rings. The van der Waals surface area contributed by atoms with Crippen LogP contribution in [0.1, 0.15) is 45.3 Å². The van der Waals surface area contributed by atoms with Gasteiger partial charge in [-0.1, -0.05) is 25.9 Å². The molecule has 0 spiro atoms. The summed E-state index contributed by atoms with van der Waals surface area (Å²) < 4.78 is 5.30. The number of nitrogens with one attached hydrogen (secondary N) is 1. The highest BCUT2D eigenvalue weighted by atomic mass is 16.5. The van der Waals surface area contributed by atoms with E-state index in [2.05, 4.69) is 36.2 Å². The Labute approximate surface area is 91.5 Å². The quantitative estimate of drug-likeness (QED) is 0.809. The van der Waals surface area contributed by atoms with E-state index in [1.165, 1.54) is 0 Å². The summed E-state index contributed by atoms with van der Waals surface area (Å²) in [5.74, 6) is 2.31. The normalized spacial score (nSPS) is 15.6. The van der Waals surface area contributed by atoms with Gasteiger partial charge in [0, 0.05) is 12.5 Å². The lowest BCUT2D eigenvalue weighted by molar-refractivity contribution is 0.284. The van der Waals surface area contributed by atoms with E-state index in [9.17, 15) is 0 Å². The number of aromatic nitrogens is 2. The molecular weight excluding hydrogens is 190 g/mol. The van der Waals surface area contributed by atoms with Crippen LogP contribution in [0.5, 0.6) is 0 Å². The van der Waals surface area contributed by atoms with Gasteiger partial charge in [-0.2, -0.15) is 4.98 Å². The summed E-state index contributed by atoms with van der Waals surface area (Å²) >= 11 is 0. The Morgan fingerprint density at radius 3 is 2.40 bits per heavy atom. The van der Waals surface area contributed by atoms with Gasteiger partial charge in [-0.05, 0) is 19.9 Å². The minimum atomic E-state index is 0.280. The van der Waals surface area contributed by atoms with E-state index in [4.69, 9.17) is 4.52 Å². The van der Waals surface area contributed by atoms with Crippen LogP contribution in [0.15, 0.2) is 4.52 Å². The fraction of sp³-hybridized carbons (Fsp3) is 0.818. The summed E-state index contributed by atoms with van der Waals surface area (Å²) in [5, 5.41) is 7.19. The van der Waals surface area contributed by atoms with Crippen LogP contribution in [0, 0.1) is 5.92 Å². The molecule has 0 amide bonds. The van der Waals surface area contributed by atoms with Crippen molar-refractivity contribution in [3.8, 4) is 0 Å². The lowest BCUT2D eigenvalue weighted by Gasteiger charge is -2.23. The molecule has 0 radical (unpaired) electrons. The molecule has 1 aromatic rings. The molecule has 0 aliphatic carbocycles. The van der Waals surface area contributed by atoms with Crippen molar-refractivity contribution < 1.29 is 4.52 Å². The highest BCUT2D eigenvalue weighted by Crippen LogP contribution is 2.26. The highest BCUT2D eigenvalue weighted by molar-refractivity contribution is 4.99. The van der Waals surface area contributed by atoms with Gasteiger partial charge >= 0.3 is 0 Å². The Bertz CT molecular complexity index is 296. The lowest BCUT2D eigenvalue weighted by atomic mass is 9.89. The van der Waals surface area contributed by atoms with Crippen LogP contribution in [-0.2, 0) is 6.42 Å². The van der Waals surface area contributed by atoms with Crippen molar-refractivity contribution in [3.63, 3.8) is 0 Å². The molecule has 15 heavy (non-hydrogen) atoms. The second-order valence-corrected chi connectivity index (χ2v) is 4.25. The molecule has 2 atom stereocenters. The predicted molar refractivity (Wildman–Crippen MR) is 59.8 cm³/mol. The van der Waals surface area contributed by atoms with Gasteiger partial charge in [0.05, 0.1) is 5.92 Å². The van der Waals surface area contributed by atoms with E-state index in [0.29, 0.717) is 12.0 Å². The molecule has 0 bridgehead atoms. The van der Waals surface area contributed by atoms with Gasteiger partial charge in [0.1, 0.15) is 0 Å². The van der Waals surface area contributed by atoms with Gasteiger partial charge in [-0.15, -0.1) is 0 Å². The first-order chi connectivity index (χ1) is 7.10. The zero-order valence-electron chi connectivity index (χ0n) is 10.2. The van der Waals surface area contributed by atoms with E-state index >= 15 is 0 Å². The van der Waals surface area contributed by atoms with Gasteiger partial charge in [-0.3, -0.25) is 0 Å². The molecular formula is C11H21N3O. The number of rotatable bonds is 5. The Morgan fingerprint density at radius 2 is 2.00 bits per heavy atom. The van der Waals surface area contributed by atoms with E-state index in [-0.39, 0.29) is 5.92 Å². The summed E-state index contributed by atoms with van der Waals surface area (Å²) in [6.45, 7) is 8.52. The highest BCUT2D eigenvalue weighted by Gasteiger charge is 2.27. The third-order valence-corrected chi connectivity index (χ3v) is 2.80. The van der Waals surface area contributed by atoms with Crippen LogP contribution in [0.4, 0.5) is 0 Å². The predicted octanol–water partition coefficient (Wildman–Crippen LogP) is 1.98. The molecule has 1 N–H and O–H groups in total. The van der Waals surface area contributed by atoms with Crippen molar-refractivity contribution >= 4 is 0 Å². The Kier molecular flexibility index (Phi) is 4.27. The fourth-order valence-electron chi connectivity index (χ4n) is 1.80. The first-order valence-corrected chi connectivity index (χ1v) is 5.59. The average Bonchev–Trinajstić information content (AvgIpc) is 2.65. The van der Waals surface area contributed by atoms with Gasteiger partial charge < -0.3 is 9.84 Å². The van der Waals surface area contributed by atoms with Gasteiger partial charge in [-0.25, -0.2) is 0 Å². The van der Waals surface area contributed by atoms with E-state index in [1.54, 1.807) is 0 Å². The molecule has 1 rings (SSSR count). The molecule has 0 aliphatic heterocycles. The largest absolute Gasteiger partial charge is 0.339 e. The molecule has 86 valence electrons. The molecule has 1 heterocycles. The topological polar surface area (TPSA) is 51.0 Å². The lowest BCUT2D eigenvalue weighted by Crippen LogP contribution is -2.32. The van der Waals surface area contributed by atoms with Gasteiger partial charge in [0.15, 0.2) is 5.82 Å². The Hall–Kier alpha value is -0.900. The zero-order chi connectivity index (χ0) is 11.4. The minimum absolute atomic E-state index is 0.280. The smallest absolute Gasteiger partial charge is 0.231 e. The Morgan fingerprint density at radius 1 is 1.33 bits per heavy atom. The number of hydrogen-bond acceptors (Lipinski definition) is 4. The van der Waals surface area contributed by atoms with E-state index in [1.807, 2.05) is 14.0 Å². The first-order valence-electron chi connectivity index (χ1n) is 5.59. The molecule has 0 saturated carbocycles. The fourth-order valence-corrected chi connectivity index (χ4v) is 1.80. The molecule has 1 aromatic heterocycles. The van der Waals surface area contributed by atoms with Crippen LogP contribution >= 0.6 is 0 Å². The van der Waals surface area contributed by atoms with Crippen molar-refractivity contribution in [1.82, 2.24) is 15.5 Å². The van der Waals surface area contributed by atoms with Crippen LogP contribution in [-0.4, -0.2) is 23.2 Å². The SMILES string of the molecule is CCc1noc(C(C(C)C)C(C)NC)n1. The first kappa shape index (κ1) is 12.2. The van der Waals surface area contributed by atoms with Crippen molar-refractivity contribution in [2.45, 2.75) is 46.1 Å². The summed E-state index contributed by atoms with van der Waals surface area (Å²) in [6, 6.07) is 0.343. The second-order valence-electron chi connectivity index (χ2n) is 4.25. The van der Waals surface area contributed by atoms with Crippen LogP contribution in [0.2, 0.25) is 0 Å². The van der Waals surface area contributed by atoms with Crippen molar-refractivity contribution in [2.75, 3.05) is 7.05 Å². The minimum Gasteiger partial charge on any atom is -0.339 e. The number of likely N-dealkylation sites (N-methyl/N-ethyl adjacent to an activating group) is 1. The summed E-state index contributed by atoms with van der Waals surface area (Å²) in [5.41, 5.74) is 0. The third kappa shape index (κ3) is 2.78. The maximum absolute atomic E-state index is 5.30. The molecule has 2 unspecified atom stereocenters. The molecule has 4 nitrogen and oxygen atoms in total. The number of aryl methyl sites for hydroxylation is 1. The van der Waals surface area contributed by atoms with E-state index < -0.39 is 0 Å². The standard InChI is InChI=1S/C11H21N3O/c1-6-9-13-11(15-14-9)10(7(2)3)8(4)12-5/h7-8,10,12H,6H2,1-5H3. The van der Waals surface area contributed by atoms with E-state index in [0.717, 1.165) is 18.1 Å². The zero-order valence-corrected chi connectivity index (χ0v) is 10.2.